The second-order valence-electron chi connectivity index (χ2n) is 8.16. The molecular formula is C23H28ClN3O4. The lowest BCUT2D eigenvalue weighted by Gasteiger charge is -2.29. The van der Waals surface area contributed by atoms with Gasteiger partial charge in [0.15, 0.2) is 11.5 Å². The molecule has 4 rings (SSSR count). The van der Waals surface area contributed by atoms with Crippen LogP contribution in [0.2, 0.25) is 5.02 Å². The lowest BCUT2D eigenvalue weighted by molar-refractivity contribution is -0.132. The van der Waals surface area contributed by atoms with E-state index < -0.39 is 0 Å². The number of carbonyl (C=O) groups excluding carboxylic acids is 2. The molecule has 0 unspecified atom stereocenters. The Hall–Kier alpha value is -2.38. The minimum absolute atomic E-state index is 0.00617. The highest BCUT2D eigenvalue weighted by Crippen LogP contribution is 2.24. The molecule has 2 aromatic rings. The quantitative estimate of drug-likeness (QED) is 0.643. The van der Waals surface area contributed by atoms with Crippen molar-refractivity contribution < 1.29 is 18.8 Å². The molecule has 0 radical (unpaired) electrons. The SMILES string of the molecule is O=C(CCN(C[C@H]1CCCO1)C(=O)c1cc(-c2cccc(Cl)c2)on1)N1CCCCC1. The monoisotopic (exact) mass is 445 g/mol. The number of hydrogen-bond acceptors (Lipinski definition) is 5. The summed E-state index contributed by atoms with van der Waals surface area (Å²) >= 11 is 6.06. The van der Waals surface area contributed by atoms with Crippen LogP contribution in [0.15, 0.2) is 34.9 Å². The molecular weight excluding hydrogens is 418 g/mol. The van der Waals surface area contributed by atoms with Gasteiger partial charge in [0.1, 0.15) is 0 Å². The fourth-order valence-electron chi connectivity index (χ4n) is 4.16. The fourth-order valence-corrected chi connectivity index (χ4v) is 4.35. The van der Waals surface area contributed by atoms with E-state index in [9.17, 15) is 9.59 Å². The van der Waals surface area contributed by atoms with Gasteiger partial charge in [-0.2, -0.15) is 0 Å². The van der Waals surface area contributed by atoms with Crippen LogP contribution in [0.25, 0.3) is 11.3 Å². The summed E-state index contributed by atoms with van der Waals surface area (Å²) in [5.41, 5.74) is 0.975. The van der Waals surface area contributed by atoms with Crippen molar-refractivity contribution >= 4 is 23.4 Å². The molecule has 1 aromatic carbocycles. The highest BCUT2D eigenvalue weighted by Gasteiger charge is 2.27. The summed E-state index contributed by atoms with van der Waals surface area (Å²) in [5.74, 6) is 0.330. The van der Waals surface area contributed by atoms with Crippen molar-refractivity contribution in [3.63, 3.8) is 0 Å². The first-order chi connectivity index (χ1) is 15.1. The van der Waals surface area contributed by atoms with Gasteiger partial charge in [0.05, 0.1) is 6.10 Å². The van der Waals surface area contributed by atoms with E-state index in [1.54, 1.807) is 23.1 Å². The van der Waals surface area contributed by atoms with Crippen molar-refractivity contribution in [2.45, 2.75) is 44.6 Å². The number of piperidine rings is 1. The summed E-state index contributed by atoms with van der Waals surface area (Å²) in [7, 11) is 0. The van der Waals surface area contributed by atoms with Crippen molar-refractivity contribution in [1.29, 1.82) is 0 Å². The van der Waals surface area contributed by atoms with Crippen molar-refractivity contribution in [1.82, 2.24) is 15.0 Å². The summed E-state index contributed by atoms with van der Waals surface area (Å²) in [6.07, 6.45) is 5.48. The van der Waals surface area contributed by atoms with Crippen LogP contribution in [0.4, 0.5) is 0 Å². The zero-order chi connectivity index (χ0) is 21.6. The molecule has 31 heavy (non-hydrogen) atoms. The number of rotatable bonds is 7. The molecule has 2 aliphatic rings. The van der Waals surface area contributed by atoms with E-state index in [1.165, 1.54) is 6.42 Å². The Morgan fingerprint density at radius 2 is 2.00 bits per heavy atom. The summed E-state index contributed by atoms with van der Waals surface area (Å²) < 4.78 is 11.1. The maximum atomic E-state index is 13.2. The van der Waals surface area contributed by atoms with Crippen LogP contribution < -0.4 is 0 Å². The van der Waals surface area contributed by atoms with Crippen LogP contribution in [0.1, 0.15) is 49.0 Å². The molecule has 0 N–H and O–H groups in total. The lowest BCUT2D eigenvalue weighted by atomic mass is 10.1. The van der Waals surface area contributed by atoms with Crippen molar-refractivity contribution in [3.8, 4) is 11.3 Å². The van der Waals surface area contributed by atoms with Crippen molar-refractivity contribution in [2.75, 3.05) is 32.8 Å². The Balaban J connectivity index is 1.45. The first-order valence-electron chi connectivity index (χ1n) is 11.0. The molecule has 2 amide bonds. The van der Waals surface area contributed by atoms with Gasteiger partial charge >= 0.3 is 0 Å². The van der Waals surface area contributed by atoms with Crippen LogP contribution in [0.3, 0.4) is 0 Å². The van der Waals surface area contributed by atoms with Crippen LogP contribution >= 0.6 is 11.6 Å². The zero-order valence-electron chi connectivity index (χ0n) is 17.6. The number of amides is 2. The predicted molar refractivity (Wildman–Crippen MR) is 117 cm³/mol. The van der Waals surface area contributed by atoms with E-state index in [-0.39, 0.29) is 23.6 Å². The number of likely N-dealkylation sites (tertiary alicyclic amines) is 1. The van der Waals surface area contributed by atoms with E-state index in [0.717, 1.165) is 44.3 Å². The number of carbonyl (C=O) groups is 2. The van der Waals surface area contributed by atoms with Crippen molar-refractivity contribution in [2.24, 2.45) is 0 Å². The number of benzene rings is 1. The van der Waals surface area contributed by atoms with Gasteiger partial charge in [-0.1, -0.05) is 28.9 Å². The van der Waals surface area contributed by atoms with Gasteiger partial charge in [-0.05, 0) is 44.2 Å². The van der Waals surface area contributed by atoms with Crippen LogP contribution in [-0.2, 0) is 9.53 Å². The zero-order valence-corrected chi connectivity index (χ0v) is 18.4. The van der Waals surface area contributed by atoms with Crippen LogP contribution in [0, 0.1) is 0 Å². The normalized spacial score (nSPS) is 18.9. The minimum atomic E-state index is -0.251. The summed E-state index contributed by atoms with van der Waals surface area (Å²) in [6.45, 7) is 3.12. The molecule has 166 valence electrons. The standard InChI is InChI=1S/C23H28ClN3O4/c24-18-7-4-6-17(14-18)21-15-20(25-31-21)23(29)27(16-19-8-5-13-30-19)12-9-22(28)26-10-2-1-3-11-26/h4,6-7,14-15,19H,1-3,5,8-13,16H2/t19-/m1/s1. The Kier molecular flexibility index (Phi) is 7.25. The first-order valence-corrected chi connectivity index (χ1v) is 11.4. The Morgan fingerprint density at radius 3 is 2.74 bits per heavy atom. The van der Waals surface area contributed by atoms with E-state index in [1.807, 2.05) is 17.0 Å². The van der Waals surface area contributed by atoms with Gasteiger partial charge in [-0.25, -0.2) is 0 Å². The average molecular weight is 446 g/mol. The third-order valence-electron chi connectivity index (χ3n) is 5.88. The van der Waals surface area contributed by atoms with Gasteiger partial charge in [0, 0.05) is 55.9 Å². The molecule has 8 heteroatoms. The number of ether oxygens (including phenoxy) is 1. The van der Waals surface area contributed by atoms with E-state index in [0.29, 0.717) is 36.9 Å². The predicted octanol–water partition coefficient (Wildman–Crippen LogP) is 4.02. The molecule has 2 fully saturated rings. The third-order valence-corrected chi connectivity index (χ3v) is 6.11. The fraction of sp³-hybridized carbons (Fsp3) is 0.522. The Labute approximate surface area is 187 Å². The van der Waals surface area contributed by atoms with E-state index >= 15 is 0 Å². The molecule has 0 aliphatic carbocycles. The van der Waals surface area contributed by atoms with Crippen LogP contribution in [0.5, 0.6) is 0 Å². The van der Waals surface area contributed by atoms with Gasteiger partial charge in [-0.15, -0.1) is 0 Å². The minimum Gasteiger partial charge on any atom is -0.376 e. The molecule has 1 atom stereocenters. The number of halogens is 1. The summed E-state index contributed by atoms with van der Waals surface area (Å²) in [4.78, 5) is 29.4. The Morgan fingerprint density at radius 1 is 1.16 bits per heavy atom. The number of hydrogen-bond donors (Lipinski definition) is 0. The summed E-state index contributed by atoms with van der Waals surface area (Å²) in [5, 5.41) is 4.57. The van der Waals surface area contributed by atoms with Gasteiger partial charge in [0.2, 0.25) is 5.91 Å². The molecule has 2 aliphatic heterocycles. The van der Waals surface area contributed by atoms with E-state index in [2.05, 4.69) is 5.16 Å². The highest BCUT2D eigenvalue weighted by molar-refractivity contribution is 6.30. The number of nitrogens with zero attached hydrogens (tertiary/aromatic N) is 3. The van der Waals surface area contributed by atoms with E-state index in [4.69, 9.17) is 20.9 Å². The average Bonchev–Trinajstić information content (AvgIpc) is 3.49. The second-order valence-corrected chi connectivity index (χ2v) is 8.60. The smallest absolute Gasteiger partial charge is 0.276 e. The Bertz CT molecular complexity index is 904. The van der Waals surface area contributed by atoms with Crippen LogP contribution in [-0.4, -0.2) is 65.7 Å². The van der Waals surface area contributed by atoms with Gasteiger partial charge in [0.25, 0.3) is 5.91 Å². The molecule has 7 nitrogen and oxygen atoms in total. The molecule has 3 heterocycles. The topological polar surface area (TPSA) is 75.9 Å². The molecule has 0 saturated carbocycles. The summed E-state index contributed by atoms with van der Waals surface area (Å²) in [6, 6.07) is 8.83. The highest BCUT2D eigenvalue weighted by atomic mass is 35.5. The largest absolute Gasteiger partial charge is 0.376 e. The molecule has 0 spiro atoms. The molecule has 1 aromatic heterocycles. The van der Waals surface area contributed by atoms with Gasteiger partial charge in [-0.3, -0.25) is 9.59 Å². The lowest BCUT2D eigenvalue weighted by Crippen LogP contribution is -2.42. The molecule has 0 bridgehead atoms. The first kappa shape index (κ1) is 21.8. The molecule has 2 saturated heterocycles. The maximum absolute atomic E-state index is 13.2. The maximum Gasteiger partial charge on any atom is 0.276 e. The second kappa shape index (κ2) is 10.3. The van der Waals surface area contributed by atoms with Gasteiger partial charge < -0.3 is 19.1 Å². The third kappa shape index (κ3) is 5.66. The number of aromatic nitrogens is 1. The van der Waals surface area contributed by atoms with Crippen molar-refractivity contribution in [3.05, 3.63) is 41.0 Å².